The van der Waals surface area contributed by atoms with Gasteiger partial charge < -0.3 is 4.74 Å². The summed E-state index contributed by atoms with van der Waals surface area (Å²) in [5.41, 5.74) is -0.885. The molecule has 0 saturated carbocycles. The van der Waals surface area contributed by atoms with Crippen LogP contribution in [0.5, 0.6) is 0 Å². The zero-order chi connectivity index (χ0) is 17.7. The highest BCUT2D eigenvalue weighted by Gasteiger charge is 2.23. The molecule has 24 heavy (non-hydrogen) atoms. The Kier molecular flexibility index (Phi) is 5.61. The van der Waals surface area contributed by atoms with E-state index in [2.05, 4.69) is 0 Å². The van der Waals surface area contributed by atoms with Gasteiger partial charge in [-0.2, -0.15) is 0 Å². The second-order valence-corrected chi connectivity index (χ2v) is 5.73. The van der Waals surface area contributed by atoms with Crippen molar-refractivity contribution in [2.24, 2.45) is 0 Å². The number of ether oxygens (including phenoxy) is 1. The summed E-state index contributed by atoms with van der Waals surface area (Å²) in [4.78, 5) is 45.6. The topological polar surface area (TPSA) is 116 Å². The maximum atomic E-state index is 11.9. The molecule has 1 N–H and O–H groups in total. The number of nitro benzene ring substituents is 1. The molecule has 0 atom stereocenters. The SMILES string of the molecule is O=C(COC(=O)c1ccc(Cl)cc1[N+](=O)[O-])NC(=O)c1cccs1. The van der Waals surface area contributed by atoms with Gasteiger partial charge in [0, 0.05) is 11.1 Å². The number of carbonyl (C=O) groups is 3. The summed E-state index contributed by atoms with van der Waals surface area (Å²) in [6.07, 6.45) is 0. The summed E-state index contributed by atoms with van der Waals surface area (Å²) in [6.45, 7) is -0.754. The average molecular weight is 369 g/mol. The number of carbonyl (C=O) groups excluding carboxylic acids is 3. The van der Waals surface area contributed by atoms with Gasteiger partial charge in [0.25, 0.3) is 17.5 Å². The molecule has 1 heterocycles. The molecule has 124 valence electrons. The largest absolute Gasteiger partial charge is 0.452 e. The second-order valence-electron chi connectivity index (χ2n) is 4.35. The van der Waals surface area contributed by atoms with E-state index in [1.807, 2.05) is 5.32 Å². The van der Waals surface area contributed by atoms with E-state index in [1.165, 1.54) is 12.1 Å². The molecular weight excluding hydrogens is 360 g/mol. The van der Waals surface area contributed by atoms with Crippen LogP contribution in [0.1, 0.15) is 20.0 Å². The summed E-state index contributed by atoms with van der Waals surface area (Å²) in [5, 5.41) is 14.7. The molecular formula is C14H9ClN2O6S. The van der Waals surface area contributed by atoms with Crippen LogP contribution in [0.4, 0.5) is 5.69 Å². The molecule has 1 aromatic carbocycles. The van der Waals surface area contributed by atoms with Crippen molar-refractivity contribution in [2.75, 3.05) is 6.61 Å². The second kappa shape index (κ2) is 7.66. The lowest BCUT2D eigenvalue weighted by molar-refractivity contribution is -0.385. The van der Waals surface area contributed by atoms with Crippen LogP contribution in [-0.2, 0) is 9.53 Å². The lowest BCUT2D eigenvalue weighted by Gasteiger charge is -2.06. The van der Waals surface area contributed by atoms with Gasteiger partial charge in [0.2, 0.25) is 0 Å². The molecule has 2 aromatic rings. The number of esters is 1. The number of nitro groups is 1. The number of halogens is 1. The number of hydrogen-bond acceptors (Lipinski definition) is 7. The van der Waals surface area contributed by atoms with Crippen molar-refractivity contribution in [2.45, 2.75) is 0 Å². The maximum absolute atomic E-state index is 11.9. The molecule has 0 aliphatic heterocycles. The Hall–Kier alpha value is -2.78. The average Bonchev–Trinajstić information content (AvgIpc) is 3.07. The van der Waals surface area contributed by atoms with Crippen LogP contribution in [0.2, 0.25) is 5.02 Å². The summed E-state index contributed by atoms with van der Waals surface area (Å²) < 4.78 is 4.69. The summed E-state index contributed by atoms with van der Waals surface area (Å²) in [7, 11) is 0. The molecule has 0 radical (unpaired) electrons. The van der Waals surface area contributed by atoms with E-state index >= 15 is 0 Å². The molecule has 0 fully saturated rings. The molecule has 0 aliphatic rings. The lowest BCUT2D eigenvalue weighted by atomic mass is 10.2. The molecule has 0 unspecified atom stereocenters. The van der Waals surface area contributed by atoms with Crippen molar-refractivity contribution in [3.05, 3.63) is 61.3 Å². The predicted octanol–water partition coefficient (Wildman–Crippen LogP) is 2.42. The van der Waals surface area contributed by atoms with E-state index < -0.39 is 35.0 Å². The smallest absolute Gasteiger partial charge is 0.345 e. The molecule has 2 amide bonds. The molecule has 0 saturated heterocycles. The molecule has 0 aliphatic carbocycles. The third kappa shape index (κ3) is 4.37. The van der Waals surface area contributed by atoms with Gasteiger partial charge >= 0.3 is 5.97 Å². The Morgan fingerprint density at radius 2 is 2.04 bits per heavy atom. The summed E-state index contributed by atoms with van der Waals surface area (Å²) >= 11 is 6.78. The maximum Gasteiger partial charge on any atom is 0.345 e. The molecule has 1 aromatic heterocycles. The van der Waals surface area contributed by atoms with Gasteiger partial charge in [-0.1, -0.05) is 17.7 Å². The van der Waals surface area contributed by atoms with Crippen LogP contribution in [-0.4, -0.2) is 29.3 Å². The van der Waals surface area contributed by atoms with Gasteiger partial charge in [-0.15, -0.1) is 11.3 Å². The first kappa shape index (κ1) is 17.6. The third-order valence-corrected chi connectivity index (χ3v) is 3.81. The van der Waals surface area contributed by atoms with E-state index in [4.69, 9.17) is 16.3 Å². The minimum atomic E-state index is -1.07. The van der Waals surface area contributed by atoms with Crippen molar-refractivity contribution in [3.8, 4) is 0 Å². The quantitative estimate of drug-likeness (QED) is 0.492. The van der Waals surface area contributed by atoms with Gasteiger partial charge in [0.15, 0.2) is 6.61 Å². The fourth-order valence-electron chi connectivity index (χ4n) is 1.67. The molecule has 2 rings (SSSR count). The number of nitrogens with one attached hydrogen (secondary N) is 1. The van der Waals surface area contributed by atoms with Crippen molar-refractivity contribution in [1.82, 2.24) is 5.32 Å². The third-order valence-electron chi connectivity index (χ3n) is 2.71. The van der Waals surface area contributed by atoms with Crippen LogP contribution in [0, 0.1) is 10.1 Å². The Labute approximate surface area is 144 Å². The van der Waals surface area contributed by atoms with Crippen molar-refractivity contribution in [1.29, 1.82) is 0 Å². The number of thiophene rings is 1. The predicted molar refractivity (Wildman–Crippen MR) is 85.2 cm³/mol. The van der Waals surface area contributed by atoms with E-state index in [-0.39, 0.29) is 10.6 Å². The van der Waals surface area contributed by atoms with Crippen molar-refractivity contribution in [3.63, 3.8) is 0 Å². The number of amides is 2. The summed E-state index contributed by atoms with van der Waals surface area (Å²) in [5.74, 6) is -2.54. The van der Waals surface area contributed by atoms with Crippen molar-refractivity contribution < 1.29 is 24.0 Å². The van der Waals surface area contributed by atoms with Crippen molar-refractivity contribution >= 4 is 46.4 Å². The van der Waals surface area contributed by atoms with Gasteiger partial charge in [-0.25, -0.2) is 4.79 Å². The highest BCUT2D eigenvalue weighted by molar-refractivity contribution is 7.12. The zero-order valence-electron chi connectivity index (χ0n) is 11.9. The van der Waals surface area contributed by atoms with Crippen LogP contribution < -0.4 is 5.32 Å². The van der Waals surface area contributed by atoms with Crippen LogP contribution >= 0.6 is 22.9 Å². The molecule has 0 spiro atoms. The normalized spacial score (nSPS) is 10.0. The fraction of sp³-hybridized carbons (Fsp3) is 0.0714. The van der Waals surface area contributed by atoms with E-state index in [9.17, 15) is 24.5 Å². The van der Waals surface area contributed by atoms with Crippen LogP contribution in [0.15, 0.2) is 35.7 Å². The zero-order valence-corrected chi connectivity index (χ0v) is 13.4. The molecule has 10 heteroatoms. The fourth-order valence-corrected chi connectivity index (χ4v) is 2.45. The first-order chi connectivity index (χ1) is 11.4. The van der Waals surface area contributed by atoms with Gasteiger partial charge in [-0.05, 0) is 23.6 Å². The summed E-state index contributed by atoms with van der Waals surface area (Å²) in [6, 6.07) is 6.57. The first-order valence-corrected chi connectivity index (χ1v) is 7.63. The number of nitrogens with zero attached hydrogens (tertiary/aromatic N) is 1. The van der Waals surface area contributed by atoms with Crippen LogP contribution in [0.25, 0.3) is 0 Å². The minimum Gasteiger partial charge on any atom is -0.452 e. The van der Waals surface area contributed by atoms with E-state index in [0.717, 1.165) is 23.5 Å². The first-order valence-electron chi connectivity index (χ1n) is 6.37. The highest BCUT2D eigenvalue weighted by atomic mass is 35.5. The standard InChI is InChI=1S/C14H9ClN2O6S/c15-8-3-4-9(10(6-8)17(21)22)14(20)23-7-12(18)16-13(19)11-2-1-5-24-11/h1-6H,7H2,(H,16,18,19). The van der Waals surface area contributed by atoms with Gasteiger partial charge in [0.05, 0.1) is 9.80 Å². The van der Waals surface area contributed by atoms with Gasteiger partial charge in [0.1, 0.15) is 5.56 Å². The number of hydrogen-bond donors (Lipinski definition) is 1. The Balaban J connectivity index is 1.97. The molecule has 8 nitrogen and oxygen atoms in total. The lowest BCUT2D eigenvalue weighted by Crippen LogP contribution is -2.33. The number of imide groups is 1. The Morgan fingerprint density at radius 1 is 1.29 bits per heavy atom. The molecule has 0 bridgehead atoms. The van der Waals surface area contributed by atoms with Crippen LogP contribution in [0.3, 0.4) is 0 Å². The highest BCUT2D eigenvalue weighted by Crippen LogP contribution is 2.23. The van der Waals surface area contributed by atoms with Gasteiger partial charge in [-0.3, -0.25) is 25.0 Å². The minimum absolute atomic E-state index is 0.0811. The van der Waals surface area contributed by atoms with E-state index in [0.29, 0.717) is 4.88 Å². The Bertz CT molecular complexity index is 806. The Morgan fingerprint density at radius 3 is 2.67 bits per heavy atom. The number of rotatable bonds is 5. The monoisotopic (exact) mass is 368 g/mol. The van der Waals surface area contributed by atoms with E-state index in [1.54, 1.807) is 11.4 Å². The number of benzene rings is 1.